The van der Waals surface area contributed by atoms with Crippen LogP contribution in [0.1, 0.15) is 10.5 Å². The van der Waals surface area contributed by atoms with Crippen molar-refractivity contribution in [3.8, 4) is 0 Å². The molecule has 0 spiro atoms. The van der Waals surface area contributed by atoms with E-state index in [-0.39, 0.29) is 5.91 Å². The number of anilines is 1. The van der Waals surface area contributed by atoms with Gasteiger partial charge in [-0.25, -0.2) is 4.39 Å². The van der Waals surface area contributed by atoms with Gasteiger partial charge in [-0.3, -0.25) is 4.79 Å². The number of hydrogen-bond donors (Lipinski definition) is 2. The number of carbonyl (C=O) groups is 1. The van der Waals surface area contributed by atoms with Crippen molar-refractivity contribution in [1.29, 1.82) is 0 Å². The molecule has 1 aromatic heterocycles. The molecule has 0 fully saturated rings. The smallest absolute Gasteiger partial charge is 0.272 e. The van der Waals surface area contributed by atoms with Crippen molar-refractivity contribution < 1.29 is 9.18 Å². The fourth-order valence-electron chi connectivity index (χ4n) is 1.27. The number of amides is 1. The molecule has 2 aromatic rings. The lowest BCUT2D eigenvalue weighted by Crippen LogP contribution is -2.12. The van der Waals surface area contributed by atoms with Gasteiger partial charge < -0.3 is 10.3 Å². The van der Waals surface area contributed by atoms with Crippen molar-refractivity contribution in [1.82, 2.24) is 4.98 Å². The zero-order valence-corrected chi connectivity index (χ0v) is 11.6. The number of H-pyrrole nitrogens is 1. The first-order chi connectivity index (χ1) is 8.06. The van der Waals surface area contributed by atoms with Crippen LogP contribution < -0.4 is 5.32 Å². The predicted molar refractivity (Wildman–Crippen MR) is 70.5 cm³/mol. The van der Waals surface area contributed by atoms with Gasteiger partial charge in [0.25, 0.3) is 5.91 Å². The van der Waals surface area contributed by atoms with Crippen LogP contribution in [0.5, 0.6) is 0 Å². The van der Waals surface area contributed by atoms with Crippen molar-refractivity contribution >= 4 is 43.5 Å². The van der Waals surface area contributed by atoms with E-state index in [0.29, 0.717) is 15.9 Å². The first-order valence-corrected chi connectivity index (χ1v) is 6.25. The van der Waals surface area contributed by atoms with Crippen LogP contribution in [0.2, 0.25) is 0 Å². The zero-order chi connectivity index (χ0) is 12.4. The Bertz CT molecular complexity index is 568. The summed E-state index contributed by atoms with van der Waals surface area (Å²) in [6, 6.07) is 6.04. The number of aromatic amines is 1. The molecule has 1 heterocycles. The normalized spacial score (nSPS) is 10.3. The molecular formula is C11H7Br2FN2O. The molecule has 6 heteroatoms. The van der Waals surface area contributed by atoms with Gasteiger partial charge in [-0.2, -0.15) is 0 Å². The van der Waals surface area contributed by atoms with Crippen LogP contribution in [-0.4, -0.2) is 10.9 Å². The third-order valence-electron chi connectivity index (χ3n) is 2.07. The highest BCUT2D eigenvalue weighted by Gasteiger charge is 2.09. The number of aromatic nitrogens is 1. The number of carbonyl (C=O) groups excluding carboxylic acids is 1. The molecule has 0 aliphatic heterocycles. The first-order valence-electron chi connectivity index (χ1n) is 4.66. The van der Waals surface area contributed by atoms with Gasteiger partial charge in [0.15, 0.2) is 0 Å². The highest BCUT2D eigenvalue weighted by Crippen LogP contribution is 2.20. The van der Waals surface area contributed by atoms with E-state index in [9.17, 15) is 9.18 Å². The fourth-order valence-corrected chi connectivity index (χ4v) is 1.86. The molecule has 0 radical (unpaired) electrons. The van der Waals surface area contributed by atoms with Crippen molar-refractivity contribution in [3.63, 3.8) is 0 Å². The maximum atomic E-state index is 13.2. The fraction of sp³-hybridized carbons (Fsp3) is 0. The van der Waals surface area contributed by atoms with E-state index in [2.05, 4.69) is 42.2 Å². The molecule has 0 bridgehead atoms. The first kappa shape index (κ1) is 12.3. The standard InChI is InChI=1S/C11H7Br2FN2O/c12-6-3-10(15-5-6)11(17)16-7-1-2-8(13)9(14)4-7/h1-5,15H,(H,16,17). The molecule has 0 unspecified atom stereocenters. The van der Waals surface area contributed by atoms with Gasteiger partial charge in [0.2, 0.25) is 0 Å². The molecule has 0 saturated heterocycles. The Balaban J connectivity index is 2.15. The molecule has 0 saturated carbocycles. The summed E-state index contributed by atoms with van der Waals surface area (Å²) in [5.41, 5.74) is 0.807. The average molecular weight is 362 g/mol. The van der Waals surface area contributed by atoms with E-state index in [1.54, 1.807) is 18.3 Å². The van der Waals surface area contributed by atoms with Crippen LogP contribution in [0.4, 0.5) is 10.1 Å². The van der Waals surface area contributed by atoms with Gasteiger partial charge in [0, 0.05) is 16.4 Å². The SMILES string of the molecule is O=C(Nc1ccc(Br)c(F)c1)c1cc(Br)c[nH]1. The average Bonchev–Trinajstić information content (AvgIpc) is 2.70. The van der Waals surface area contributed by atoms with Gasteiger partial charge in [0.1, 0.15) is 11.5 Å². The summed E-state index contributed by atoms with van der Waals surface area (Å²) in [7, 11) is 0. The van der Waals surface area contributed by atoms with Gasteiger partial charge in [-0.15, -0.1) is 0 Å². The molecule has 0 atom stereocenters. The highest BCUT2D eigenvalue weighted by molar-refractivity contribution is 9.10. The molecule has 0 aliphatic rings. The van der Waals surface area contributed by atoms with E-state index in [0.717, 1.165) is 4.47 Å². The molecule has 1 aromatic carbocycles. The summed E-state index contributed by atoms with van der Waals surface area (Å²) in [4.78, 5) is 14.5. The van der Waals surface area contributed by atoms with Crippen molar-refractivity contribution in [2.75, 3.05) is 5.32 Å². The Morgan fingerprint density at radius 1 is 1.29 bits per heavy atom. The predicted octanol–water partition coefficient (Wildman–Crippen LogP) is 3.93. The molecule has 3 nitrogen and oxygen atoms in total. The molecule has 17 heavy (non-hydrogen) atoms. The van der Waals surface area contributed by atoms with E-state index in [4.69, 9.17) is 0 Å². The number of halogens is 3. The molecule has 2 N–H and O–H groups in total. The summed E-state index contributed by atoms with van der Waals surface area (Å²) in [5.74, 6) is -0.743. The van der Waals surface area contributed by atoms with E-state index in [1.807, 2.05) is 0 Å². The van der Waals surface area contributed by atoms with Crippen LogP contribution >= 0.6 is 31.9 Å². The lowest BCUT2D eigenvalue weighted by atomic mass is 10.3. The van der Waals surface area contributed by atoms with Gasteiger partial charge >= 0.3 is 0 Å². The Hall–Kier alpha value is -1.14. The van der Waals surface area contributed by atoms with Crippen LogP contribution in [-0.2, 0) is 0 Å². The van der Waals surface area contributed by atoms with Gasteiger partial charge in [-0.1, -0.05) is 0 Å². The van der Waals surface area contributed by atoms with Crippen LogP contribution in [0.3, 0.4) is 0 Å². The maximum Gasteiger partial charge on any atom is 0.272 e. The molecule has 1 amide bonds. The van der Waals surface area contributed by atoms with Crippen molar-refractivity contribution in [2.45, 2.75) is 0 Å². The minimum Gasteiger partial charge on any atom is -0.356 e. The number of rotatable bonds is 2. The van der Waals surface area contributed by atoms with E-state index >= 15 is 0 Å². The highest BCUT2D eigenvalue weighted by atomic mass is 79.9. The minimum absolute atomic E-state index is 0.322. The molecular weight excluding hydrogens is 355 g/mol. The summed E-state index contributed by atoms with van der Waals surface area (Å²) in [6.45, 7) is 0. The molecule has 2 rings (SSSR count). The van der Waals surface area contributed by atoms with Gasteiger partial charge in [-0.05, 0) is 56.1 Å². The van der Waals surface area contributed by atoms with Crippen LogP contribution in [0.15, 0.2) is 39.4 Å². The van der Waals surface area contributed by atoms with Gasteiger partial charge in [0.05, 0.1) is 4.47 Å². The molecule has 0 aliphatic carbocycles. The van der Waals surface area contributed by atoms with E-state index in [1.165, 1.54) is 12.1 Å². The lowest BCUT2D eigenvalue weighted by Gasteiger charge is -2.04. The van der Waals surface area contributed by atoms with Crippen molar-refractivity contribution in [3.05, 3.63) is 50.9 Å². The van der Waals surface area contributed by atoms with Crippen LogP contribution in [0, 0.1) is 5.82 Å². The number of nitrogens with one attached hydrogen (secondary N) is 2. The lowest BCUT2D eigenvalue weighted by molar-refractivity contribution is 0.102. The van der Waals surface area contributed by atoms with Crippen LogP contribution in [0.25, 0.3) is 0 Å². The third kappa shape index (κ3) is 2.95. The molecule has 88 valence electrons. The summed E-state index contributed by atoms with van der Waals surface area (Å²) in [6.07, 6.45) is 1.65. The summed E-state index contributed by atoms with van der Waals surface area (Å²) in [5, 5.41) is 2.59. The second-order valence-corrected chi connectivity index (χ2v) is 5.08. The Morgan fingerprint density at radius 3 is 2.65 bits per heavy atom. The number of hydrogen-bond acceptors (Lipinski definition) is 1. The Morgan fingerprint density at radius 2 is 2.06 bits per heavy atom. The topological polar surface area (TPSA) is 44.9 Å². The third-order valence-corrected chi connectivity index (χ3v) is 3.17. The largest absolute Gasteiger partial charge is 0.356 e. The van der Waals surface area contributed by atoms with Crippen molar-refractivity contribution in [2.24, 2.45) is 0 Å². The summed E-state index contributed by atoms with van der Waals surface area (Å²) < 4.78 is 14.4. The second-order valence-electron chi connectivity index (χ2n) is 3.31. The minimum atomic E-state index is -0.421. The van der Waals surface area contributed by atoms with E-state index < -0.39 is 5.82 Å². The Labute approximate surface area is 114 Å². The quantitative estimate of drug-likeness (QED) is 0.836. The number of benzene rings is 1. The summed E-state index contributed by atoms with van der Waals surface area (Å²) >= 11 is 6.27. The second kappa shape index (κ2) is 5.01. The maximum absolute atomic E-state index is 13.2. The zero-order valence-electron chi connectivity index (χ0n) is 8.43. The Kier molecular flexibility index (Phi) is 3.63. The monoisotopic (exact) mass is 360 g/mol.